The molecule has 2 unspecified atom stereocenters. The number of halogens is 1. The van der Waals surface area contributed by atoms with Crippen LogP contribution in [0.15, 0.2) is 23.1 Å². The van der Waals surface area contributed by atoms with Gasteiger partial charge in [-0.1, -0.05) is 6.07 Å². The first-order valence-corrected chi connectivity index (χ1v) is 13.2. The molecular formula is C24H31FN2O4S. The number of hydrogen-bond donors (Lipinski definition) is 2. The average molecular weight is 463 g/mol. The monoisotopic (exact) mass is 462 g/mol. The van der Waals surface area contributed by atoms with Crippen molar-refractivity contribution in [3.8, 4) is 0 Å². The summed E-state index contributed by atoms with van der Waals surface area (Å²) in [6.07, 6.45) is 6.51. The van der Waals surface area contributed by atoms with Gasteiger partial charge in [0.05, 0.1) is 10.4 Å². The largest absolute Gasteiger partial charge is 0.369 e. The van der Waals surface area contributed by atoms with Gasteiger partial charge in [0.2, 0.25) is 15.9 Å². The number of carbonyl (C=O) groups is 2. The van der Waals surface area contributed by atoms with Gasteiger partial charge in [-0.3, -0.25) is 9.59 Å². The highest BCUT2D eigenvalue weighted by Crippen LogP contribution is 2.63. The molecule has 3 N–H and O–H groups in total. The third-order valence-electron chi connectivity index (χ3n) is 8.94. The summed E-state index contributed by atoms with van der Waals surface area (Å²) < 4.78 is 42.6. The topological polar surface area (TPSA) is 106 Å². The molecule has 1 aromatic rings. The molecule has 2 atom stereocenters. The fourth-order valence-corrected chi connectivity index (χ4v) is 8.66. The van der Waals surface area contributed by atoms with Gasteiger partial charge < -0.3 is 5.73 Å². The van der Waals surface area contributed by atoms with Crippen LogP contribution in [0.2, 0.25) is 0 Å². The van der Waals surface area contributed by atoms with Crippen molar-refractivity contribution in [3.63, 3.8) is 0 Å². The predicted molar refractivity (Wildman–Crippen MR) is 116 cm³/mol. The molecule has 0 spiro atoms. The maximum atomic E-state index is 14.0. The summed E-state index contributed by atoms with van der Waals surface area (Å²) in [6.45, 7) is 1.57. The van der Waals surface area contributed by atoms with Crippen LogP contribution in [0.5, 0.6) is 0 Å². The zero-order valence-corrected chi connectivity index (χ0v) is 19.2. The van der Waals surface area contributed by atoms with Crippen LogP contribution in [0, 0.1) is 41.8 Å². The van der Waals surface area contributed by atoms with Crippen molar-refractivity contribution in [2.75, 3.05) is 0 Å². The second kappa shape index (κ2) is 7.35. The average Bonchev–Trinajstić information content (AvgIpc) is 2.68. The van der Waals surface area contributed by atoms with Crippen LogP contribution in [0.25, 0.3) is 0 Å². The second-order valence-corrected chi connectivity index (χ2v) is 12.5. The van der Waals surface area contributed by atoms with Gasteiger partial charge in [-0.25, -0.2) is 12.8 Å². The Morgan fingerprint density at radius 1 is 1.16 bits per heavy atom. The highest BCUT2D eigenvalue weighted by atomic mass is 32.2. The van der Waals surface area contributed by atoms with Crippen molar-refractivity contribution in [2.24, 2.45) is 34.8 Å². The van der Waals surface area contributed by atoms with Crippen LogP contribution in [0.1, 0.15) is 63.4 Å². The summed E-state index contributed by atoms with van der Waals surface area (Å²) in [5.41, 5.74) is 4.64. The molecule has 5 aliphatic rings. The smallest absolute Gasteiger partial charge is 0.241 e. The molecule has 0 heterocycles. The number of primary amides is 1. The van der Waals surface area contributed by atoms with Gasteiger partial charge in [0, 0.05) is 11.8 Å². The molecule has 5 aliphatic carbocycles. The van der Waals surface area contributed by atoms with Crippen LogP contribution in [-0.4, -0.2) is 25.6 Å². The summed E-state index contributed by atoms with van der Waals surface area (Å²) in [5, 5.41) is 0. The molecule has 0 aliphatic heterocycles. The summed E-state index contributed by atoms with van der Waals surface area (Å²) in [7, 11) is -4.02. The molecule has 8 heteroatoms. The molecule has 32 heavy (non-hydrogen) atoms. The highest BCUT2D eigenvalue weighted by Gasteiger charge is 2.59. The number of nitrogens with two attached hydrogens (primary N) is 1. The van der Waals surface area contributed by atoms with E-state index < -0.39 is 26.8 Å². The predicted octanol–water partition coefficient (Wildman–Crippen LogP) is 3.22. The normalized spacial score (nSPS) is 34.8. The minimum absolute atomic E-state index is 0.0643. The molecule has 1 amide bonds. The Morgan fingerprint density at radius 2 is 1.81 bits per heavy atom. The van der Waals surface area contributed by atoms with Crippen molar-refractivity contribution < 1.29 is 22.4 Å². The van der Waals surface area contributed by atoms with Crippen LogP contribution in [0.4, 0.5) is 4.39 Å². The molecule has 1 aromatic carbocycles. The van der Waals surface area contributed by atoms with Gasteiger partial charge in [-0.15, -0.1) is 0 Å². The number of rotatable bonds is 7. The van der Waals surface area contributed by atoms with Gasteiger partial charge in [0.25, 0.3) is 0 Å². The van der Waals surface area contributed by atoms with Gasteiger partial charge >= 0.3 is 0 Å². The molecule has 6 rings (SSSR count). The molecule has 174 valence electrons. The van der Waals surface area contributed by atoms with Crippen LogP contribution in [0.3, 0.4) is 0 Å². The molecule has 0 aromatic heterocycles. The van der Waals surface area contributed by atoms with Crippen LogP contribution in [-0.2, 0) is 19.6 Å². The van der Waals surface area contributed by atoms with E-state index in [2.05, 4.69) is 4.72 Å². The Labute approximate surface area is 188 Å². The van der Waals surface area contributed by atoms with E-state index in [0.717, 1.165) is 44.6 Å². The minimum Gasteiger partial charge on any atom is -0.369 e. The van der Waals surface area contributed by atoms with E-state index in [-0.39, 0.29) is 22.5 Å². The number of benzene rings is 1. The van der Waals surface area contributed by atoms with E-state index in [1.54, 1.807) is 6.92 Å². The summed E-state index contributed by atoms with van der Waals surface area (Å²) in [4.78, 5) is 25.5. The van der Waals surface area contributed by atoms with E-state index in [4.69, 9.17) is 5.73 Å². The number of ketones is 1. The molecular weight excluding hydrogens is 431 g/mol. The standard InChI is InChI=1S/C24H31FN2O4S/c1-14-3-4-18(9-20(14)25)32(30,31)27-24(5-2-6-24)21(28)10-19-16-7-15-8-17(19)13-23(11-15,12-16)22(26)29/h3-4,9,15-17,19,27H,2,5-8,10-13H2,1H3,(H2,26,29). The number of sulfonamides is 1. The van der Waals surface area contributed by atoms with Crippen molar-refractivity contribution in [1.29, 1.82) is 0 Å². The SMILES string of the molecule is Cc1ccc(S(=O)(=O)NC2(C(=O)CC3C4CC5CC3CC(C(N)=O)(C5)C4)CCC2)cc1F. The Balaban J connectivity index is 1.34. The third kappa shape index (κ3) is 3.41. The zero-order chi connectivity index (χ0) is 22.9. The van der Waals surface area contributed by atoms with Crippen molar-refractivity contribution in [1.82, 2.24) is 4.72 Å². The first-order chi connectivity index (χ1) is 15.0. The number of nitrogens with one attached hydrogen (secondary N) is 1. The van der Waals surface area contributed by atoms with E-state index in [0.29, 0.717) is 42.6 Å². The number of amides is 1. The van der Waals surface area contributed by atoms with Gasteiger partial charge in [0.15, 0.2) is 5.78 Å². The number of aryl methyl sites for hydroxylation is 1. The Kier molecular flexibility index (Phi) is 5.06. The van der Waals surface area contributed by atoms with E-state index in [1.807, 2.05) is 0 Å². The molecule has 0 saturated heterocycles. The molecule has 0 radical (unpaired) electrons. The lowest BCUT2D eigenvalue weighted by molar-refractivity contribution is -0.152. The van der Waals surface area contributed by atoms with Crippen molar-refractivity contribution >= 4 is 21.7 Å². The van der Waals surface area contributed by atoms with Crippen LogP contribution >= 0.6 is 0 Å². The van der Waals surface area contributed by atoms with Crippen molar-refractivity contribution in [2.45, 2.75) is 75.1 Å². The van der Waals surface area contributed by atoms with Crippen LogP contribution < -0.4 is 10.5 Å². The summed E-state index contributed by atoms with van der Waals surface area (Å²) in [5.74, 6) is 0.458. The fourth-order valence-electron chi connectivity index (χ4n) is 7.20. The molecule has 6 nitrogen and oxygen atoms in total. The van der Waals surface area contributed by atoms with Gasteiger partial charge in [0.1, 0.15) is 5.82 Å². The number of carbonyl (C=O) groups excluding carboxylic acids is 2. The first kappa shape index (κ1) is 22.0. The summed E-state index contributed by atoms with van der Waals surface area (Å²) >= 11 is 0. The molecule has 5 fully saturated rings. The second-order valence-electron chi connectivity index (χ2n) is 10.9. The van der Waals surface area contributed by atoms with E-state index >= 15 is 0 Å². The first-order valence-electron chi connectivity index (χ1n) is 11.7. The van der Waals surface area contributed by atoms with E-state index in [1.165, 1.54) is 12.1 Å². The lowest BCUT2D eigenvalue weighted by Crippen LogP contribution is -2.61. The zero-order valence-electron chi connectivity index (χ0n) is 18.4. The lowest BCUT2D eigenvalue weighted by Gasteiger charge is -2.59. The third-order valence-corrected chi connectivity index (χ3v) is 10.5. The fraction of sp³-hybridized carbons (Fsp3) is 0.667. The summed E-state index contributed by atoms with van der Waals surface area (Å²) in [6, 6.07) is 3.82. The number of hydrogen-bond acceptors (Lipinski definition) is 4. The highest BCUT2D eigenvalue weighted by molar-refractivity contribution is 7.89. The Morgan fingerprint density at radius 3 is 2.34 bits per heavy atom. The molecule has 4 bridgehead atoms. The molecule has 5 saturated carbocycles. The quantitative estimate of drug-likeness (QED) is 0.649. The van der Waals surface area contributed by atoms with Gasteiger partial charge in [-0.05, 0) is 99.7 Å². The maximum absolute atomic E-state index is 14.0. The minimum atomic E-state index is -4.02. The van der Waals surface area contributed by atoms with E-state index in [9.17, 15) is 22.4 Å². The number of Topliss-reactive ketones (excluding diaryl/α,β-unsaturated/α-hetero) is 1. The lowest BCUT2D eigenvalue weighted by atomic mass is 9.45. The van der Waals surface area contributed by atoms with Gasteiger partial charge in [-0.2, -0.15) is 4.72 Å². The Hall–Kier alpha value is -1.80. The van der Waals surface area contributed by atoms with Crippen molar-refractivity contribution in [3.05, 3.63) is 29.6 Å². The Bertz CT molecular complexity index is 1070. The maximum Gasteiger partial charge on any atom is 0.241 e.